The monoisotopic (exact) mass is 808 g/mol. The predicted molar refractivity (Wildman–Crippen MR) is 215 cm³/mol. The maximum Gasteiger partial charge on any atom is 0.410 e. The van der Waals surface area contributed by atoms with Crippen molar-refractivity contribution < 1.29 is 32.5 Å². The van der Waals surface area contributed by atoms with Gasteiger partial charge in [-0.25, -0.2) is 23.2 Å². The van der Waals surface area contributed by atoms with E-state index in [1.165, 1.54) is 17.6 Å². The molecule has 1 N–H and O–H groups in total. The van der Waals surface area contributed by atoms with Crippen LogP contribution in [0.5, 0.6) is 0 Å². The molecule has 2 bridgehead atoms. The third-order valence-corrected chi connectivity index (χ3v) is 15.4. The zero-order valence-electron chi connectivity index (χ0n) is 33.4. The SMILES string of the molecule is CC(O)c1ncc(-c2cnn3c(N(COCC[Si](C)(C)C)COCC[Si](C)(C)C)c(S(C)(=O)=O)c([C@@H]4C[C@H]5CC[C@@H](C4)N5C(=O)OC(C)(C)C)nc23)s1. The topological polar surface area (TPSA) is 149 Å². The number of hydrogen-bond donors (Lipinski definition) is 1. The average molecular weight is 809 g/mol. The molecule has 5 rings (SSSR count). The maximum atomic E-state index is 14.2. The fourth-order valence-electron chi connectivity index (χ4n) is 6.95. The van der Waals surface area contributed by atoms with Crippen LogP contribution in [-0.4, -0.2) is 111 Å². The molecule has 0 aromatic carbocycles. The van der Waals surface area contributed by atoms with Crippen molar-refractivity contribution in [3.63, 3.8) is 0 Å². The number of carbonyl (C=O) groups excluding carboxylic acids is 1. The number of hydrogen-bond acceptors (Lipinski definition) is 12. The van der Waals surface area contributed by atoms with Crippen molar-refractivity contribution in [1.29, 1.82) is 0 Å². The minimum Gasteiger partial charge on any atom is -0.444 e. The van der Waals surface area contributed by atoms with E-state index in [4.69, 9.17) is 24.3 Å². The molecule has 1 unspecified atom stereocenters. The summed E-state index contributed by atoms with van der Waals surface area (Å²) in [5.41, 5.74) is 1.01. The number of ether oxygens (including phenoxy) is 3. The lowest BCUT2D eigenvalue weighted by Gasteiger charge is -2.40. The highest BCUT2D eigenvalue weighted by Crippen LogP contribution is 2.47. The van der Waals surface area contributed by atoms with Gasteiger partial charge in [-0.05, 0) is 65.5 Å². The molecule has 5 heterocycles. The number of anilines is 1. The minimum atomic E-state index is -3.90. The summed E-state index contributed by atoms with van der Waals surface area (Å²) in [6, 6.07) is 1.70. The minimum absolute atomic E-state index is 0.1000. The molecule has 13 nitrogen and oxygen atoms in total. The second-order valence-electron chi connectivity index (χ2n) is 18.1. The average Bonchev–Trinajstić information content (AvgIpc) is 3.73. The fourth-order valence-corrected chi connectivity index (χ4v) is 10.5. The summed E-state index contributed by atoms with van der Waals surface area (Å²) in [4.78, 5) is 27.6. The van der Waals surface area contributed by atoms with Gasteiger partial charge in [0.1, 0.15) is 35.1 Å². The standard InChI is InChI=1S/C36H60N6O7S2Si2/c1-24(43)33-37-21-29(50-33)28-20-38-42-32(28)39-30(25-18-26-12-13-27(19-25)41(26)35(44)49-36(2,3)4)31(51(5,45)46)34(42)40(22-47-14-16-52(6,7)8)23-48-15-17-53(9,10)11/h20-21,24-27,43H,12-19,22-23H2,1-11H3/t24?,25-,26-,27+. The smallest absolute Gasteiger partial charge is 0.410 e. The van der Waals surface area contributed by atoms with Crippen molar-refractivity contribution in [2.24, 2.45) is 0 Å². The van der Waals surface area contributed by atoms with Gasteiger partial charge < -0.3 is 29.1 Å². The van der Waals surface area contributed by atoms with E-state index >= 15 is 0 Å². The molecule has 2 saturated heterocycles. The Hall–Kier alpha value is -2.42. The van der Waals surface area contributed by atoms with Crippen molar-refractivity contribution in [3.05, 3.63) is 23.1 Å². The van der Waals surface area contributed by atoms with E-state index < -0.39 is 37.7 Å². The van der Waals surface area contributed by atoms with Crippen LogP contribution >= 0.6 is 11.3 Å². The highest BCUT2D eigenvalue weighted by Gasteiger charge is 2.47. The lowest BCUT2D eigenvalue weighted by Crippen LogP contribution is -2.48. The second-order valence-corrected chi connectivity index (χ2v) is 32.4. The highest BCUT2D eigenvalue weighted by atomic mass is 32.2. The number of rotatable bonds is 15. The predicted octanol–water partition coefficient (Wildman–Crippen LogP) is 7.39. The Labute approximate surface area is 321 Å². The molecule has 0 aliphatic carbocycles. The number of nitrogens with zero attached hydrogens (tertiary/aromatic N) is 6. The quantitative estimate of drug-likeness (QED) is 0.0931. The van der Waals surface area contributed by atoms with Crippen LogP contribution in [0.4, 0.5) is 10.6 Å². The molecule has 2 fully saturated rings. The Morgan fingerprint density at radius 2 is 1.58 bits per heavy atom. The van der Waals surface area contributed by atoms with Crippen LogP contribution < -0.4 is 4.90 Å². The molecule has 4 atom stereocenters. The molecule has 53 heavy (non-hydrogen) atoms. The molecule has 296 valence electrons. The Morgan fingerprint density at radius 1 is 1.02 bits per heavy atom. The number of piperidine rings is 1. The van der Waals surface area contributed by atoms with Crippen molar-refractivity contribution in [1.82, 2.24) is 24.5 Å². The number of carbonyl (C=O) groups is 1. The van der Waals surface area contributed by atoms with Gasteiger partial charge in [-0.15, -0.1) is 11.3 Å². The van der Waals surface area contributed by atoms with Crippen LogP contribution in [0.15, 0.2) is 17.3 Å². The molecule has 1 amide bonds. The van der Waals surface area contributed by atoms with Crippen LogP contribution in [0.1, 0.15) is 76.1 Å². The van der Waals surface area contributed by atoms with Crippen LogP contribution in [0.25, 0.3) is 16.1 Å². The van der Waals surface area contributed by atoms with Gasteiger partial charge in [-0.2, -0.15) is 9.61 Å². The van der Waals surface area contributed by atoms with E-state index in [-0.39, 0.29) is 42.5 Å². The lowest BCUT2D eigenvalue weighted by molar-refractivity contribution is 0.00557. The molecular weight excluding hydrogens is 749 g/mol. The van der Waals surface area contributed by atoms with Crippen LogP contribution in [0, 0.1) is 0 Å². The summed E-state index contributed by atoms with van der Waals surface area (Å²) in [5.74, 6) is 0.0984. The Morgan fingerprint density at radius 3 is 2.06 bits per heavy atom. The Bertz CT molecular complexity index is 1830. The summed E-state index contributed by atoms with van der Waals surface area (Å²) in [6.45, 7) is 22.3. The summed E-state index contributed by atoms with van der Waals surface area (Å²) < 4.78 is 48.3. The van der Waals surface area contributed by atoms with Gasteiger partial charge in [-0.3, -0.25) is 0 Å². The van der Waals surface area contributed by atoms with Crippen LogP contribution in [0.2, 0.25) is 51.4 Å². The molecule has 0 saturated carbocycles. The number of fused-ring (bicyclic) bond motifs is 3. The number of aromatic nitrogens is 4. The first-order valence-electron chi connectivity index (χ1n) is 18.7. The molecular formula is C36H60N6O7S2Si2. The molecule has 3 aromatic heterocycles. The van der Waals surface area contributed by atoms with E-state index in [1.807, 2.05) is 30.6 Å². The summed E-state index contributed by atoms with van der Waals surface area (Å²) in [7, 11) is -6.71. The number of sulfone groups is 1. The lowest BCUT2D eigenvalue weighted by atomic mass is 9.88. The Balaban J connectivity index is 1.65. The molecule has 3 aromatic rings. The normalized spacial score (nSPS) is 20.3. The van der Waals surface area contributed by atoms with Gasteiger partial charge in [0, 0.05) is 59.8 Å². The van der Waals surface area contributed by atoms with E-state index in [1.54, 1.807) is 23.8 Å². The first kappa shape index (κ1) is 41.7. The number of thiazole rings is 1. The molecule has 0 radical (unpaired) electrons. The first-order valence-corrected chi connectivity index (χ1v) is 28.8. The number of aliphatic hydroxyl groups excluding tert-OH is 1. The maximum absolute atomic E-state index is 14.2. The Kier molecular flexibility index (Phi) is 12.6. The van der Waals surface area contributed by atoms with Crippen molar-refractivity contribution in [2.75, 3.05) is 37.8 Å². The third kappa shape index (κ3) is 10.5. The number of amides is 1. The van der Waals surface area contributed by atoms with E-state index in [0.717, 1.165) is 29.8 Å². The van der Waals surface area contributed by atoms with Gasteiger partial charge in [0.05, 0.1) is 22.3 Å². The third-order valence-electron chi connectivity index (χ3n) is 9.63. The number of aliphatic hydroxyl groups is 1. The molecule has 2 aliphatic rings. The second kappa shape index (κ2) is 16.0. The zero-order valence-corrected chi connectivity index (χ0v) is 37.1. The fraction of sp³-hybridized carbons (Fsp3) is 0.722. The van der Waals surface area contributed by atoms with E-state index in [0.29, 0.717) is 53.8 Å². The van der Waals surface area contributed by atoms with Gasteiger partial charge in [0.25, 0.3) is 0 Å². The van der Waals surface area contributed by atoms with E-state index in [2.05, 4.69) is 44.3 Å². The summed E-state index contributed by atoms with van der Waals surface area (Å²) in [6.07, 6.45) is 6.27. The van der Waals surface area contributed by atoms with Crippen molar-refractivity contribution in [3.8, 4) is 10.4 Å². The highest BCUT2D eigenvalue weighted by molar-refractivity contribution is 7.91. The summed E-state index contributed by atoms with van der Waals surface area (Å²) in [5, 5.41) is 15.6. The molecule has 2 aliphatic heterocycles. The van der Waals surface area contributed by atoms with Gasteiger partial charge in [-0.1, -0.05) is 39.3 Å². The molecule has 0 spiro atoms. The van der Waals surface area contributed by atoms with Crippen LogP contribution in [0.3, 0.4) is 0 Å². The van der Waals surface area contributed by atoms with Gasteiger partial charge in [0.15, 0.2) is 21.3 Å². The van der Waals surface area contributed by atoms with Gasteiger partial charge in [0.2, 0.25) is 0 Å². The zero-order chi connectivity index (χ0) is 39.1. The van der Waals surface area contributed by atoms with Crippen molar-refractivity contribution in [2.45, 2.75) is 139 Å². The van der Waals surface area contributed by atoms with Crippen LogP contribution in [-0.2, 0) is 24.0 Å². The van der Waals surface area contributed by atoms with Gasteiger partial charge >= 0.3 is 6.09 Å². The largest absolute Gasteiger partial charge is 0.444 e. The van der Waals surface area contributed by atoms with Crippen molar-refractivity contribution >= 4 is 54.9 Å². The summed E-state index contributed by atoms with van der Waals surface area (Å²) >= 11 is 1.35. The molecule has 17 heteroatoms. The first-order chi connectivity index (χ1) is 24.5. The van der Waals surface area contributed by atoms with E-state index in [9.17, 15) is 18.3 Å².